The van der Waals surface area contributed by atoms with E-state index < -0.39 is 0 Å². The molecule has 150 valence electrons. The van der Waals surface area contributed by atoms with Crippen LogP contribution in [0.1, 0.15) is 18.9 Å². The molecule has 0 aliphatic carbocycles. The van der Waals surface area contributed by atoms with Crippen molar-refractivity contribution >= 4 is 6.03 Å². The van der Waals surface area contributed by atoms with Crippen LogP contribution in [0.25, 0.3) is 0 Å². The van der Waals surface area contributed by atoms with Crippen LogP contribution in [0.15, 0.2) is 24.3 Å². The number of ether oxygens (including phenoxy) is 1. The minimum atomic E-state index is 0.0978. The van der Waals surface area contributed by atoms with Gasteiger partial charge in [-0.25, -0.2) is 4.79 Å². The van der Waals surface area contributed by atoms with E-state index in [1.807, 2.05) is 17.0 Å². The van der Waals surface area contributed by atoms with E-state index in [4.69, 9.17) is 4.74 Å². The summed E-state index contributed by atoms with van der Waals surface area (Å²) in [5.74, 6) is 0.900. The predicted octanol–water partition coefficient (Wildman–Crippen LogP) is 1.91. The van der Waals surface area contributed by atoms with E-state index >= 15 is 0 Å². The molecule has 2 aliphatic heterocycles. The highest BCUT2D eigenvalue weighted by Gasteiger charge is 2.33. The Labute approximate surface area is 163 Å². The monoisotopic (exact) mass is 374 g/mol. The summed E-state index contributed by atoms with van der Waals surface area (Å²) < 4.78 is 5.21. The van der Waals surface area contributed by atoms with E-state index in [-0.39, 0.29) is 11.4 Å². The molecule has 27 heavy (non-hydrogen) atoms. The van der Waals surface area contributed by atoms with Gasteiger partial charge in [0.15, 0.2) is 0 Å². The SMILES string of the molecule is COc1ccc(CCN2CCN(C(=O)NCC3(C)CCN(C)C3)CC2)cc1. The Hall–Kier alpha value is -1.79. The van der Waals surface area contributed by atoms with Crippen molar-refractivity contribution in [1.82, 2.24) is 20.0 Å². The molecule has 2 fully saturated rings. The summed E-state index contributed by atoms with van der Waals surface area (Å²) >= 11 is 0. The standard InChI is InChI=1S/C21H34N4O2/c1-21(9-11-23(2)17-21)16-22-20(26)25-14-12-24(13-15-25)10-8-18-4-6-19(27-3)7-5-18/h4-7H,8-17H2,1-3H3,(H,22,26). The lowest BCUT2D eigenvalue weighted by molar-refractivity contribution is 0.137. The molecule has 2 aliphatic rings. The molecule has 2 heterocycles. The molecule has 6 heteroatoms. The molecule has 0 saturated carbocycles. The fourth-order valence-corrected chi connectivity index (χ4v) is 4.07. The maximum Gasteiger partial charge on any atom is 0.317 e. The van der Waals surface area contributed by atoms with Crippen molar-refractivity contribution in [3.8, 4) is 5.75 Å². The Morgan fingerprint density at radius 1 is 1.15 bits per heavy atom. The molecule has 2 amide bonds. The molecular formula is C21H34N4O2. The van der Waals surface area contributed by atoms with Gasteiger partial charge in [0.25, 0.3) is 0 Å². The number of nitrogens with zero attached hydrogens (tertiary/aromatic N) is 3. The zero-order chi connectivity index (χ0) is 19.3. The number of likely N-dealkylation sites (tertiary alicyclic amines) is 1. The molecule has 0 bridgehead atoms. The lowest BCUT2D eigenvalue weighted by Crippen LogP contribution is -2.53. The van der Waals surface area contributed by atoms with Gasteiger partial charge in [0.05, 0.1) is 7.11 Å². The average Bonchev–Trinajstić information content (AvgIpc) is 3.04. The van der Waals surface area contributed by atoms with Crippen LogP contribution in [0.5, 0.6) is 5.75 Å². The molecule has 0 spiro atoms. The first kappa shape index (κ1) is 20.0. The number of carbonyl (C=O) groups is 1. The zero-order valence-electron chi connectivity index (χ0n) is 17.0. The van der Waals surface area contributed by atoms with Gasteiger partial charge in [-0.15, -0.1) is 0 Å². The number of urea groups is 1. The Morgan fingerprint density at radius 2 is 1.85 bits per heavy atom. The Balaban J connectivity index is 1.36. The van der Waals surface area contributed by atoms with Crippen molar-refractivity contribution in [2.75, 3.05) is 66.5 Å². The highest BCUT2D eigenvalue weighted by molar-refractivity contribution is 5.74. The van der Waals surface area contributed by atoms with Crippen LogP contribution in [-0.4, -0.2) is 87.2 Å². The molecule has 1 unspecified atom stereocenters. The summed E-state index contributed by atoms with van der Waals surface area (Å²) in [5, 5.41) is 3.17. The smallest absolute Gasteiger partial charge is 0.317 e. The molecule has 0 aromatic heterocycles. The lowest BCUT2D eigenvalue weighted by atomic mass is 9.90. The van der Waals surface area contributed by atoms with Gasteiger partial charge in [-0.1, -0.05) is 19.1 Å². The fraction of sp³-hybridized carbons (Fsp3) is 0.667. The van der Waals surface area contributed by atoms with Gasteiger partial charge in [-0.3, -0.25) is 4.90 Å². The molecule has 1 atom stereocenters. The maximum atomic E-state index is 12.5. The van der Waals surface area contributed by atoms with Gasteiger partial charge >= 0.3 is 6.03 Å². The van der Waals surface area contributed by atoms with Gasteiger partial charge in [0, 0.05) is 45.8 Å². The Bertz CT molecular complexity index is 613. The van der Waals surface area contributed by atoms with Crippen LogP contribution in [0.3, 0.4) is 0 Å². The van der Waals surface area contributed by atoms with Crippen LogP contribution in [0, 0.1) is 5.41 Å². The topological polar surface area (TPSA) is 48.1 Å². The summed E-state index contributed by atoms with van der Waals surface area (Å²) in [5.41, 5.74) is 1.54. The van der Waals surface area contributed by atoms with E-state index in [1.165, 1.54) is 5.56 Å². The second-order valence-electron chi connectivity index (χ2n) is 8.38. The van der Waals surface area contributed by atoms with Gasteiger partial charge in [-0.05, 0) is 49.5 Å². The van der Waals surface area contributed by atoms with Crippen molar-refractivity contribution in [1.29, 1.82) is 0 Å². The van der Waals surface area contributed by atoms with Crippen LogP contribution >= 0.6 is 0 Å². The number of piperazine rings is 1. The quantitative estimate of drug-likeness (QED) is 0.826. The molecule has 0 radical (unpaired) electrons. The van der Waals surface area contributed by atoms with Crippen LogP contribution in [-0.2, 0) is 6.42 Å². The molecule has 1 aromatic rings. The molecule has 1 aromatic carbocycles. The number of hydrogen-bond acceptors (Lipinski definition) is 4. The van der Waals surface area contributed by atoms with Crippen LogP contribution < -0.4 is 10.1 Å². The van der Waals surface area contributed by atoms with Crippen molar-refractivity contribution in [3.05, 3.63) is 29.8 Å². The molecule has 1 N–H and O–H groups in total. The van der Waals surface area contributed by atoms with E-state index in [2.05, 4.69) is 41.2 Å². The van der Waals surface area contributed by atoms with Gasteiger partial charge < -0.3 is 19.9 Å². The Kier molecular flexibility index (Phi) is 6.60. The number of benzene rings is 1. The van der Waals surface area contributed by atoms with E-state index in [9.17, 15) is 4.79 Å². The van der Waals surface area contributed by atoms with Crippen LogP contribution in [0.2, 0.25) is 0 Å². The first-order chi connectivity index (χ1) is 13.0. The van der Waals surface area contributed by atoms with Crippen LogP contribution in [0.4, 0.5) is 4.79 Å². The highest BCUT2D eigenvalue weighted by atomic mass is 16.5. The predicted molar refractivity (Wildman–Crippen MR) is 108 cm³/mol. The highest BCUT2D eigenvalue weighted by Crippen LogP contribution is 2.27. The molecule has 2 saturated heterocycles. The van der Waals surface area contributed by atoms with E-state index in [1.54, 1.807) is 7.11 Å². The van der Waals surface area contributed by atoms with Crippen molar-refractivity contribution in [2.45, 2.75) is 19.8 Å². The third-order valence-corrected chi connectivity index (χ3v) is 5.95. The number of methoxy groups -OCH3 is 1. The third-order valence-electron chi connectivity index (χ3n) is 5.95. The maximum absolute atomic E-state index is 12.5. The fourth-order valence-electron chi connectivity index (χ4n) is 4.07. The molecule has 3 rings (SSSR count). The zero-order valence-corrected chi connectivity index (χ0v) is 17.0. The minimum Gasteiger partial charge on any atom is -0.497 e. The average molecular weight is 375 g/mol. The number of amides is 2. The molecular weight excluding hydrogens is 340 g/mol. The molecule has 6 nitrogen and oxygen atoms in total. The first-order valence-electron chi connectivity index (χ1n) is 10.0. The van der Waals surface area contributed by atoms with Gasteiger partial charge in [0.1, 0.15) is 5.75 Å². The minimum absolute atomic E-state index is 0.0978. The van der Waals surface area contributed by atoms with E-state index in [0.717, 1.165) is 70.9 Å². The summed E-state index contributed by atoms with van der Waals surface area (Å²) in [4.78, 5) is 19.2. The normalized spacial score (nSPS) is 24.2. The number of hydrogen-bond donors (Lipinski definition) is 1. The summed E-state index contributed by atoms with van der Waals surface area (Å²) in [7, 11) is 3.84. The number of nitrogens with one attached hydrogen (secondary N) is 1. The second kappa shape index (κ2) is 8.93. The third kappa shape index (κ3) is 5.59. The summed E-state index contributed by atoms with van der Waals surface area (Å²) in [6, 6.07) is 8.38. The van der Waals surface area contributed by atoms with E-state index in [0.29, 0.717) is 0 Å². The number of carbonyl (C=O) groups excluding carboxylic acids is 1. The Morgan fingerprint density at radius 3 is 2.44 bits per heavy atom. The number of rotatable bonds is 6. The largest absolute Gasteiger partial charge is 0.497 e. The summed E-state index contributed by atoms with van der Waals surface area (Å²) in [6.45, 7) is 9.78. The van der Waals surface area contributed by atoms with Gasteiger partial charge in [0.2, 0.25) is 0 Å². The van der Waals surface area contributed by atoms with Gasteiger partial charge in [-0.2, -0.15) is 0 Å². The second-order valence-corrected chi connectivity index (χ2v) is 8.38. The van der Waals surface area contributed by atoms with Crippen molar-refractivity contribution in [3.63, 3.8) is 0 Å². The lowest BCUT2D eigenvalue weighted by Gasteiger charge is -2.35. The van der Waals surface area contributed by atoms with Crippen molar-refractivity contribution in [2.24, 2.45) is 5.41 Å². The van der Waals surface area contributed by atoms with Crippen molar-refractivity contribution < 1.29 is 9.53 Å². The summed E-state index contributed by atoms with van der Waals surface area (Å²) in [6.07, 6.45) is 2.19. The first-order valence-corrected chi connectivity index (χ1v) is 10.0.